The zero-order valence-corrected chi connectivity index (χ0v) is 46.7. The Hall–Kier alpha value is -0.430. The molecule has 0 bridgehead atoms. The van der Waals surface area contributed by atoms with Gasteiger partial charge < -0.3 is 26.6 Å². The Kier molecular flexibility index (Phi) is 17.4. The summed E-state index contributed by atoms with van der Waals surface area (Å²) < 4.78 is 54.0. The van der Waals surface area contributed by atoms with Crippen LogP contribution in [0.4, 0.5) is 0 Å². The average molecular weight is 1020 g/mol. The maximum Gasteiger partial charge on any atom is 0.209 e. The second-order valence-electron chi connectivity index (χ2n) is 23.3. The summed E-state index contributed by atoms with van der Waals surface area (Å²) in [5.74, 6) is 3.30. The highest BCUT2D eigenvalue weighted by atomic mass is 32.2. The van der Waals surface area contributed by atoms with Gasteiger partial charge in [0, 0.05) is 30.1 Å². The first-order chi connectivity index (χ1) is 34.9. The lowest BCUT2D eigenvalue weighted by Crippen LogP contribution is -2.52. The van der Waals surface area contributed by atoms with E-state index in [0.717, 1.165) is 144 Å². The summed E-state index contributed by atoms with van der Waals surface area (Å²) in [6, 6.07) is 0. The molecule has 8 aliphatic rings. The molecule has 14 atom stereocenters. The predicted molar refractivity (Wildman–Crippen MR) is 302 cm³/mol. The van der Waals surface area contributed by atoms with Gasteiger partial charge >= 0.3 is 0 Å². The normalized spacial score (nSPS) is 38.1. The van der Waals surface area contributed by atoms with E-state index in [2.05, 4.69) is 91.8 Å². The first-order valence-corrected chi connectivity index (χ1v) is 29.7. The maximum absolute atomic E-state index is 11.4. The van der Waals surface area contributed by atoms with Gasteiger partial charge in [-0.15, -0.1) is 0 Å². The molecule has 14 heteroatoms. The number of hydrogen-bond donors (Lipinski definition) is 1. The van der Waals surface area contributed by atoms with Crippen LogP contribution in [0.1, 0.15) is 178 Å². The van der Waals surface area contributed by atoms with Crippen LogP contribution in [0.15, 0.2) is 69.9 Å². The van der Waals surface area contributed by atoms with Crippen LogP contribution in [0, 0.1) is 57.2 Å². The Balaban J connectivity index is 0.000000214. The number of rotatable bonds is 24. The van der Waals surface area contributed by atoms with Gasteiger partial charge in [-0.1, -0.05) is 179 Å². The predicted octanol–water partition coefficient (Wildman–Crippen LogP) is 13.2. The van der Waals surface area contributed by atoms with Crippen LogP contribution >= 0.6 is 47.6 Å². The van der Waals surface area contributed by atoms with E-state index in [4.69, 9.17) is 22.1 Å². The molecule has 0 spiro atoms. The second-order valence-corrected chi connectivity index (χ2v) is 24.8. The SMILES string of the molecule is [3H][B]SO[C@@H]1CC2=CC=C3C(CC[C@]4(C)C([C@H](C)CCCC(C)=O)=CCC34)[C@@]2(C)[C@@H](OS[B][3H])C1.[3H][B]SO[C@@H]1CC2=CC=C3C(CC[C@]4(C)C([C@H](C)CCCC(O)(CC)CC)=CCC34)[C@@]2(C)[C@@H](OS[B][3H])C1. The molecular weight excluding hydrogens is 928 g/mol. The lowest BCUT2D eigenvalue weighted by molar-refractivity contribution is -0.117. The van der Waals surface area contributed by atoms with Crippen molar-refractivity contribution >= 4 is 81.7 Å². The highest BCUT2D eigenvalue weighted by Gasteiger charge is 2.60. The second kappa shape index (κ2) is 23.6. The standard InChI is InChI=1S/C29H46B2O3S2.C26H38B2O3S2/c1-6-29(32,7-2)15-8-9-19(3)23-12-13-24-22-11-10-20-17-21(33-35-30)18-26(34-36-31)28(20,5)25(22)14-16-27(23,24)4;1-16(6-5-7-17(2)29)21-10-11-22-20-9-8-18-14-19(30-32-27)15-24(31-33-28)26(18,4)23(20)12-13-25(21,22)3/h10-12,19,21,24-26,30-32H,6-9,13-18H2,1-5H3;8-10,16,19,22-24,27-28H,5-7,11-15H2,1-4H3/t19-,21-,24?,25?,26+,27-,28+;16-,19-,22?,23?,24+,25-,26+/m11/s1/i30T,31T;27T,28T. The Morgan fingerprint density at radius 2 is 1.14 bits per heavy atom. The van der Waals surface area contributed by atoms with E-state index in [0.29, 0.717) is 47.7 Å². The van der Waals surface area contributed by atoms with E-state index in [1.54, 1.807) is 29.2 Å². The molecule has 8 rings (SSSR count). The number of ketones is 1. The van der Waals surface area contributed by atoms with Crippen LogP contribution in [0.2, 0.25) is 0 Å². The molecule has 4 radical (unpaired) electrons. The van der Waals surface area contributed by atoms with Gasteiger partial charge in [0.1, 0.15) is 5.78 Å². The third kappa shape index (κ3) is 11.0. The van der Waals surface area contributed by atoms with E-state index >= 15 is 0 Å². The minimum absolute atomic E-state index is 0.0108. The molecule has 0 aromatic carbocycles. The fourth-order valence-electron chi connectivity index (χ4n) is 15.8. The first kappa shape index (κ1) is 50.7. The fraction of sp³-hybridized carbons (Fsp3) is 0.764. The average Bonchev–Trinajstić information content (AvgIpc) is 3.93. The quantitative estimate of drug-likeness (QED) is 0.0574. The van der Waals surface area contributed by atoms with Gasteiger partial charge in [-0.05, 0) is 148 Å². The molecule has 0 saturated heterocycles. The molecule has 4 fully saturated rings. The van der Waals surface area contributed by atoms with E-state index in [1.165, 1.54) is 52.3 Å². The summed E-state index contributed by atoms with van der Waals surface area (Å²) in [6.07, 6.45) is 32.3. The highest BCUT2D eigenvalue weighted by Crippen LogP contribution is 2.67. The number of aliphatic hydroxyl groups is 1. The molecule has 69 heavy (non-hydrogen) atoms. The van der Waals surface area contributed by atoms with Gasteiger partial charge in [-0.2, -0.15) is 0 Å². The molecule has 1 N–H and O–H groups in total. The zero-order chi connectivity index (χ0) is 52.8. The topological polar surface area (TPSA) is 74.2 Å². The van der Waals surface area contributed by atoms with E-state index in [9.17, 15) is 9.90 Å². The van der Waals surface area contributed by atoms with Crippen LogP contribution in [-0.2, 0) is 21.5 Å². The molecule has 6 nitrogen and oxygen atoms in total. The van der Waals surface area contributed by atoms with Crippen molar-refractivity contribution < 1.29 is 26.6 Å². The summed E-state index contributed by atoms with van der Waals surface area (Å²) in [7, 11) is 5.01. The van der Waals surface area contributed by atoms with Crippen molar-refractivity contribution in [3.63, 3.8) is 0 Å². The minimum atomic E-state index is -0.502. The van der Waals surface area contributed by atoms with Crippen LogP contribution in [-0.4, -0.2) is 74.6 Å². The van der Waals surface area contributed by atoms with Gasteiger partial charge in [0.05, 0.1) is 30.0 Å². The summed E-state index contributed by atoms with van der Waals surface area (Å²) in [4.78, 5) is 11.4. The largest absolute Gasteiger partial charge is 0.390 e. The van der Waals surface area contributed by atoms with Crippen LogP contribution in [0.25, 0.3) is 0 Å². The molecule has 0 aliphatic heterocycles. The Bertz CT molecular complexity index is 2110. The van der Waals surface area contributed by atoms with E-state index in [-0.39, 0.29) is 46.1 Å². The summed E-state index contributed by atoms with van der Waals surface area (Å²) >= 11 is 4.44. The Morgan fingerprint density at radius 1 is 0.710 bits per heavy atom. The molecule has 4 saturated carbocycles. The summed E-state index contributed by atoms with van der Waals surface area (Å²) in [6.45, 7) is 20.4. The Labute approximate surface area is 446 Å². The van der Waals surface area contributed by atoms with Crippen molar-refractivity contribution in [1.29, 1.82) is 5.34 Å². The number of carbonyl (C=O) groups excluding carboxylic acids is 1. The van der Waals surface area contributed by atoms with Crippen LogP contribution in [0.3, 0.4) is 0 Å². The molecule has 376 valence electrons. The lowest BCUT2D eigenvalue weighted by atomic mass is 9.49. The maximum atomic E-state index is 11.4. The van der Waals surface area contributed by atoms with Crippen molar-refractivity contribution in [2.45, 2.75) is 208 Å². The molecule has 0 aromatic rings. The van der Waals surface area contributed by atoms with Gasteiger partial charge in [-0.25, -0.2) is 0 Å². The minimum Gasteiger partial charge on any atom is -0.390 e. The number of fused-ring (bicyclic) bond motifs is 10. The first-order valence-electron chi connectivity index (χ1n) is 28.8. The van der Waals surface area contributed by atoms with Crippen molar-refractivity contribution in [3.05, 3.63) is 69.9 Å². The van der Waals surface area contributed by atoms with E-state index in [1.807, 2.05) is 0 Å². The third-order valence-corrected chi connectivity index (χ3v) is 21.5. The molecule has 0 aromatic heterocycles. The molecule has 0 heterocycles. The van der Waals surface area contributed by atoms with Gasteiger partial charge in [0.25, 0.3) is 0 Å². The van der Waals surface area contributed by atoms with Crippen LogP contribution < -0.4 is 0 Å². The van der Waals surface area contributed by atoms with Crippen LogP contribution in [0.5, 0.6) is 0 Å². The number of allylic oxidation sites excluding steroid dienone is 10. The number of carbonyl (C=O) groups is 1. The smallest absolute Gasteiger partial charge is 0.209 e. The molecule has 0 amide bonds. The van der Waals surface area contributed by atoms with Crippen molar-refractivity contribution in [3.8, 4) is 0 Å². The third-order valence-electron chi connectivity index (χ3n) is 20.0. The monoisotopic (exact) mass is 1020 g/mol. The van der Waals surface area contributed by atoms with Crippen molar-refractivity contribution in [2.75, 3.05) is 0 Å². The number of hydrogen-bond acceptors (Lipinski definition) is 10. The fourth-order valence-corrected chi connectivity index (χ4v) is 17.2. The lowest BCUT2D eigenvalue weighted by Gasteiger charge is -2.57. The van der Waals surface area contributed by atoms with Gasteiger partial charge in [0.15, 0.2) is 0 Å². The molecular formula is C55H84B4O6S4. The van der Waals surface area contributed by atoms with E-state index < -0.39 is 5.60 Å². The van der Waals surface area contributed by atoms with Crippen molar-refractivity contribution in [1.82, 2.24) is 0 Å². The summed E-state index contributed by atoms with van der Waals surface area (Å²) in [5, 5.41) is 10.8. The highest BCUT2D eigenvalue weighted by molar-refractivity contribution is 8.16. The Morgan fingerprint density at radius 3 is 1.57 bits per heavy atom. The summed E-state index contributed by atoms with van der Waals surface area (Å²) in [5.41, 5.74) is 8.90. The zero-order valence-electron chi connectivity index (χ0n) is 47.4. The number of Topliss-reactive ketones (excluding diaryl/α,β-unsaturated/α-hetero) is 1. The molecule has 8 aliphatic carbocycles. The van der Waals surface area contributed by atoms with Crippen molar-refractivity contribution in [2.24, 2.45) is 57.2 Å². The molecule has 4 unspecified atom stereocenters. The van der Waals surface area contributed by atoms with Gasteiger partial charge in [-0.3, -0.25) is 0 Å². The van der Waals surface area contributed by atoms with Gasteiger partial charge in [0.2, 0.25) is 28.4 Å².